The summed E-state index contributed by atoms with van der Waals surface area (Å²) in [7, 11) is 1.19. The minimum absolute atomic E-state index is 0.0290. The lowest BCUT2D eigenvalue weighted by atomic mass is 10.0. The van der Waals surface area contributed by atoms with Gasteiger partial charge in [-0.2, -0.15) is 0 Å². The molecule has 0 N–H and O–H groups in total. The summed E-state index contributed by atoms with van der Waals surface area (Å²) in [6.07, 6.45) is 116. The van der Waals surface area contributed by atoms with Gasteiger partial charge in [-0.15, -0.1) is 0 Å². The first kappa shape index (κ1) is 98.9. The van der Waals surface area contributed by atoms with Crippen LogP contribution in [0.1, 0.15) is 425 Å². The number of phosphoric acid groups is 1. The summed E-state index contributed by atoms with van der Waals surface area (Å²) < 4.78 is 34.5. The summed E-state index contributed by atoms with van der Waals surface area (Å²) in [4.78, 5) is 38.3. The van der Waals surface area contributed by atoms with E-state index in [1.54, 1.807) is 0 Å². The third-order valence-corrected chi connectivity index (χ3v) is 20.6. The largest absolute Gasteiger partial charge is 0.756 e. The summed E-state index contributed by atoms with van der Waals surface area (Å²) in [5, 5.41) is 0. The molecule has 0 fully saturated rings. The lowest BCUT2D eigenvalue weighted by Gasteiger charge is -2.28. The minimum atomic E-state index is -4.65. The van der Waals surface area contributed by atoms with E-state index in [0.717, 1.165) is 83.5 Å². The van der Waals surface area contributed by atoms with Crippen molar-refractivity contribution in [3.05, 3.63) is 97.2 Å². The molecule has 0 rings (SSSR count). The van der Waals surface area contributed by atoms with E-state index in [1.165, 1.54) is 308 Å². The Morgan fingerprint density at radius 1 is 0.304 bits per heavy atom. The Balaban J connectivity index is 3.85. The van der Waals surface area contributed by atoms with Gasteiger partial charge in [0.1, 0.15) is 19.8 Å². The predicted octanol–water partition coefficient (Wildman–Crippen LogP) is 29.1. The van der Waals surface area contributed by atoms with Crippen molar-refractivity contribution in [2.24, 2.45) is 0 Å². The topological polar surface area (TPSA) is 111 Å². The van der Waals surface area contributed by atoms with Crippen LogP contribution in [0, 0.1) is 0 Å². The summed E-state index contributed by atoms with van der Waals surface area (Å²) >= 11 is 0. The van der Waals surface area contributed by atoms with Crippen LogP contribution in [0.25, 0.3) is 0 Å². The molecule has 0 aromatic carbocycles. The van der Waals surface area contributed by atoms with E-state index in [2.05, 4.69) is 111 Å². The van der Waals surface area contributed by atoms with E-state index >= 15 is 0 Å². The van der Waals surface area contributed by atoms with Gasteiger partial charge in [0.25, 0.3) is 7.82 Å². The van der Waals surface area contributed by atoms with Gasteiger partial charge in [-0.05, 0) is 89.9 Å². The Morgan fingerprint density at radius 3 is 0.784 bits per heavy atom. The van der Waals surface area contributed by atoms with Crippen molar-refractivity contribution in [1.82, 2.24) is 0 Å². The number of nitrogens with zero attached hydrogens (tertiary/aromatic N) is 1. The standard InChI is InChI=1S/C92H168NO8P/c1-6-8-10-12-14-16-18-20-22-24-26-28-30-32-34-36-38-40-42-44-45-46-47-49-51-53-55-57-59-61-63-65-67-69-71-73-75-77-79-81-83-85-92(95)101-90(89-100-102(96,97)99-87-86-93(3,4)5)88-98-91(94)84-82-80-78-76-74-72-70-68-66-64-62-60-58-56-54-52-50-48-43-41-39-37-35-33-31-29-27-25-23-21-19-17-15-13-11-9-7-2/h8-11,14-17,20-23,26-29,90H,6-7,12-13,18-19,24-25,30-89H2,1-5H3/b10-8-,11-9-,16-14-,17-15-,22-20-,23-21-,28-26-,29-27-. The van der Waals surface area contributed by atoms with Crippen LogP contribution in [0.5, 0.6) is 0 Å². The van der Waals surface area contributed by atoms with Gasteiger partial charge in [0, 0.05) is 12.8 Å². The molecule has 0 aliphatic heterocycles. The second-order valence-electron chi connectivity index (χ2n) is 30.8. The number of carbonyl (C=O) groups excluding carboxylic acids is 2. The van der Waals surface area contributed by atoms with Crippen LogP contribution in [-0.2, 0) is 32.7 Å². The molecule has 0 aliphatic rings. The zero-order valence-electron chi connectivity index (χ0n) is 68.1. The molecule has 0 spiro atoms. The maximum absolute atomic E-state index is 12.9. The number of allylic oxidation sites excluding steroid dienone is 16. The Morgan fingerprint density at radius 2 is 0.529 bits per heavy atom. The SMILES string of the molecule is CC/C=C\C/C=C\C/C=C\C/C=C\CCCCCCCCCCCCCCCCCCCCCCCCCCCCCCC(=O)OC(COC(=O)CCCCCCCCCCCCCCCCCCCCCCCCCC/C=C\C/C=C\C/C=C\C/C=C\CC)COP(=O)([O-])OCC[N+](C)(C)C. The molecule has 0 radical (unpaired) electrons. The van der Waals surface area contributed by atoms with Crippen molar-refractivity contribution in [2.45, 2.75) is 431 Å². The van der Waals surface area contributed by atoms with Crippen LogP contribution in [-0.4, -0.2) is 70.0 Å². The fraction of sp³-hybridized carbons (Fsp3) is 0.804. The monoisotopic (exact) mass is 1450 g/mol. The van der Waals surface area contributed by atoms with Crippen molar-refractivity contribution in [2.75, 3.05) is 47.5 Å². The molecule has 2 unspecified atom stereocenters. The smallest absolute Gasteiger partial charge is 0.306 e. The predicted molar refractivity (Wildman–Crippen MR) is 443 cm³/mol. The third kappa shape index (κ3) is 85.9. The van der Waals surface area contributed by atoms with Crippen LogP contribution in [0.15, 0.2) is 97.2 Å². The van der Waals surface area contributed by atoms with Crippen molar-refractivity contribution < 1.29 is 42.1 Å². The van der Waals surface area contributed by atoms with Crippen LogP contribution < -0.4 is 4.89 Å². The van der Waals surface area contributed by atoms with Gasteiger partial charge < -0.3 is 27.9 Å². The maximum Gasteiger partial charge on any atom is 0.306 e. The normalized spacial score (nSPS) is 13.4. The number of carbonyl (C=O) groups is 2. The lowest BCUT2D eigenvalue weighted by Crippen LogP contribution is -2.37. The Hall–Kier alpha value is -3.07. The maximum atomic E-state index is 12.9. The second kappa shape index (κ2) is 82.0. The summed E-state index contributed by atoms with van der Waals surface area (Å²) in [5.41, 5.74) is 0. The highest BCUT2D eigenvalue weighted by Crippen LogP contribution is 2.38. The van der Waals surface area contributed by atoms with E-state index in [4.69, 9.17) is 18.5 Å². The number of unbranched alkanes of at least 4 members (excludes halogenated alkanes) is 52. The van der Waals surface area contributed by atoms with Crippen LogP contribution in [0.3, 0.4) is 0 Å². The Bertz CT molecular complexity index is 2050. The quantitative estimate of drug-likeness (QED) is 0.0195. The number of rotatable bonds is 82. The van der Waals surface area contributed by atoms with Crippen molar-refractivity contribution in [3.8, 4) is 0 Å². The van der Waals surface area contributed by atoms with Crippen molar-refractivity contribution >= 4 is 19.8 Å². The first-order valence-electron chi connectivity index (χ1n) is 43.9. The number of esters is 2. The fourth-order valence-corrected chi connectivity index (χ4v) is 13.7. The molecule has 102 heavy (non-hydrogen) atoms. The van der Waals surface area contributed by atoms with Gasteiger partial charge in [-0.1, -0.05) is 419 Å². The van der Waals surface area contributed by atoms with Crippen LogP contribution >= 0.6 is 7.82 Å². The number of hydrogen-bond donors (Lipinski definition) is 0. The summed E-state index contributed by atoms with van der Waals surface area (Å²) in [6, 6.07) is 0. The highest BCUT2D eigenvalue weighted by atomic mass is 31.2. The molecular formula is C92H168NO8P. The summed E-state index contributed by atoms with van der Waals surface area (Å²) in [5.74, 6) is -0.809. The number of hydrogen-bond acceptors (Lipinski definition) is 8. The number of phosphoric ester groups is 1. The molecule has 0 aromatic rings. The van der Waals surface area contributed by atoms with Crippen LogP contribution in [0.2, 0.25) is 0 Å². The fourth-order valence-electron chi connectivity index (χ4n) is 13.0. The van der Waals surface area contributed by atoms with Gasteiger partial charge in [-0.25, -0.2) is 0 Å². The molecule has 594 valence electrons. The number of quaternary nitrogens is 1. The minimum Gasteiger partial charge on any atom is -0.756 e. The second-order valence-corrected chi connectivity index (χ2v) is 32.3. The Kier molecular flexibility index (Phi) is 79.5. The first-order chi connectivity index (χ1) is 50.0. The molecule has 2 atom stereocenters. The molecule has 9 nitrogen and oxygen atoms in total. The van der Waals surface area contributed by atoms with Crippen molar-refractivity contribution in [1.29, 1.82) is 0 Å². The van der Waals surface area contributed by atoms with Gasteiger partial charge in [0.2, 0.25) is 0 Å². The van der Waals surface area contributed by atoms with E-state index in [1.807, 2.05) is 21.1 Å². The van der Waals surface area contributed by atoms with Gasteiger partial charge >= 0.3 is 11.9 Å². The van der Waals surface area contributed by atoms with E-state index in [-0.39, 0.29) is 32.0 Å². The zero-order valence-corrected chi connectivity index (χ0v) is 69.0. The molecule has 0 saturated heterocycles. The van der Waals surface area contributed by atoms with E-state index < -0.39 is 26.5 Å². The van der Waals surface area contributed by atoms with Gasteiger partial charge in [-0.3, -0.25) is 14.2 Å². The van der Waals surface area contributed by atoms with Gasteiger partial charge in [0.15, 0.2) is 6.10 Å². The molecule has 0 saturated carbocycles. The third-order valence-electron chi connectivity index (χ3n) is 19.6. The van der Waals surface area contributed by atoms with Crippen molar-refractivity contribution in [3.63, 3.8) is 0 Å². The molecule has 0 heterocycles. The summed E-state index contributed by atoms with van der Waals surface area (Å²) in [6.45, 7) is 4.08. The molecule has 0 aromatic heterocycles. The van der Waals surface area contributed by atoms with E-state index in [0.29, 0.717) is 17.4 Å². The molecule has 0 bridgehead atoms. The van der Waals surface area contributed by atoms with Crippen LogP contribution in [0.4, 0.5) is 0 Å². The highest BCUT2D eigenvalue weighted by Gasteiger charge is 2.22. The number of likely N-dealkylation sites (N-methyl/N-ethyl adjacent to an activating group) is 1. The molecular weight excluding hydrogens is 1280 g/mol. The number of ether oxygens (including phenoxy) is 2. The van der Waals surface area contributed by atoms with Gasteiger partial charge in [0.05, 0.1) is 27.7 Å². The average molecular weight is 1450 g/mol. The first-order valence-corrected chi connectivity index (χ1v) is 45.4. The Labute approximate surface area is 634 Å². The lowest BCUT2D eigenvalue weighted by molar-refractivity contribution is -0.870. The zero-order chi connectivity index (χ0) is 74.0. The molecule has 0 aliphatic carbocycles. The average Bonchev–Trinajstić information content (AvgIpc) is 0.916. The van der Waals surface area contributed by atoms with E-state index in [9.17, 15) is 19.0 Å². The molecule has 0 amide bonds. The highest BCUT2D eigenvalue weighted by molar-refractivity contribution is 7.45. The molecule has 10 heteroatoms.